The summed E-state index contributed by atoms with van der Waals surface area (Å²) < 4.78 is 0. The Balaban J connectivity index is 1.62. The lowest BCUT2D eigenvalue weighted by Gasteiger charge is -2.30. The van der Waals surface area contributed by atoms with Crippen LogP contribution in [0.25, 0.3) is 0 Å². The number of rotatable bonds is 5. The van der Waals surface area contributed by atoms with Gasteiger partial charge in [-0.1, -0.05) is 19.3 Å². The standard InChI is InChI=1S/C14H28N2/c1-13(9-10-15-14-7-8-14)16-11-5-3-2-4-6-12-16/h13-15H,2-12H2,1H3. The summed E-state index contributed by atoms with van der Waals surface area (Å²) in [4.78, 5) is 2.72. The zero-order valence-corrected chi connectivity index (χ0v) is 10.9. The minimum atomic E-state index is 0.782. The average molecular weight is 224 g/mol. The number of hydrogen-bond donors (Lipinski definition) is 1. The van der Waals surface area contributed by atoms with Crippen molar-refractivity contribution >= 4 is 0 Å². The molecule has 1 heterocycles. The molecule has 1 N–H and O–H groups in total. The predicted molar refractivity (Wildman–Crippen MR) is 69.8 cm³/mol. The van der Waals surface area contributed by atoms with Crippen LogP contribution in [0.15, 0.2) is 0 Å². The molecular formula is C14H28N2. The summed E-state index contributed by atoms with van der Waals surface area (Å²) in [6.07, 6.45) is 11.4. The molecule has 1 aliphatic carbocycles. The Hall–Kier alpha value is -0.0800. The molecule has 0 aromatic carbocycles. The van der Waals surface area contributed by atoms with Crippen molar-refractivity contribution in [1.29, 1.82) is 0 Å². The van der Waals surface area contributed by atoms with Crippen LogP contribution in [0.1, 0.15) is 58.3 Å². The normalized spacial score (nSPS) is 26.1. The van der Waals surface area contributed by atoms with Gasteiger partial charge in [-0.3, -0.25) is 0 Å². The molecule has 1 unspecified atom stereocenters. The first-order valence-electron chi connectivity index (χ1n) is 7.33. The van der Waals surface area contributed by atoms with Crippen molar-refractivity contribution in [3.05, 3.63) is 0 Å². The molecule has 2 fully saturated rings. The fraction of sp³-hybridized carbons (Fsp3) is 1.00. The number of nitrogens with one attached hydrogen (secondary N) is 1. The highest BCUT2D eigenvalue weighted by atomic mass is 15.1. The van der Waals surface area contributed by atoms with Gasteiger partial charge in [-0.2, -0.15) is 0 Å². The lowest BCUT2D eigenvalue weighted by molar-refractivity contribution is 0.181. The summed E-state index contributed by atoms with van der Waals surface area (Å²) >= 11 is 0. The van der Waals surface area contributed by atoms with E-state index in [0.29, 0.717) is 0 Å². The van der Waals surface area contributed by atoms with Crippen molar-refractivity contribution in [3.63, 3.8) is 0 Å². The Kier molecular flexibility index (Phi) is 5.11. The molecule has 16 heavy (non-hydrogen) atoms. The van der Waals surface area contributed by atoms with E-state index < -0.39 is 0 Å². The summed E-state index contributed by atoms with van der Waals surface area (Å²) in [5.41, 5.74) is 0. The highest BCUT2D eigenvalue weighted by Crippen LogP contribution is 2.19. The van der Waals surface area contributed by atoms with Gasteiger partial charge in [-0.15, -0.1) is 0 Å². The average Bonchev–Trinajstić information content (AvgIpc) is 3.00. The van der Waals surface area contributed by atoms with E-state index in [4.69, 9.17) is 0 Å². The van der Waals surface area contributed by atoms with Crippen LogP contribution in [0.2, 0.25) is 0 Å². The van der Waals surface area contributed by atoms with E-state index in [1.807, 2.05) is 0 Å². The third-order valence-electron chi connectivity index (χ3n) is 4.09. The number of nitrogens with zero attached hydrogens (tertiary/aromatic N) is 1. The van der Waals surface area contributed by atoms with Crippen LogP contribution in [0.5, 0.6) is 0 Å². The van der Waals surface area contributed by atoms with Crippen molar-refractivity contribution in [2.24, 2.45) is 0 Å². The summed E-state index contributed by atoms with van der Waals surface area (Å²) in [6, 6.07) is 1.66. The van der Waals surface area contributed by atoms with Crippen LogP contribution in [0.3, 0.4) is 0 Å². The van der Waals surface area contributed by atoms with Gasteiger partial charge in [0.05, 0.1) is 0 Å². The van der Waals surface area contributed by atoms with Crippen LogP contribution in [0, 0.1) is 0 Å². The maximum Gasteiger partial charge on any atom is 0.00790 e. The van der Waals surface area contributed by atoms with Gasteiger partial charge in [0.1, 0.15) is 0 Å². The molecule has 0 amide bonds. The van der Waals surface area contributed by atoms with Crippen LogP contribution >= 0.6 is 0 Å². The van der Waals surface area contributed by atoms with E-state index in [9.17, 15) is 0 Å². The van der Waals surface area contributed by atoms with Crippen LogP contribution in [-0.2, 0) is 0 Å². The minimum Gasteiger partial charge on any atom is -0.314 e. The Morgan fingerprint density at radius 2 is 1.69 bits per heavy atom. The van der Waals surface area contributed by atoms with Gasteiger partial charge in [0.15, 0.2) is 0 Å². The van der Waals surface area contributed by atoms with E-state index in [1.165, 1.54) is 71.0 Å². The summed E-state index contributed by atoms with van der Waals surface area (Å²) in [6.45, 7) is 6.31. The van der Waals surface area contributed by atoms with E-state index in [0.717, 1.165) is 12.1 Å². The fourth-order valence-electron chi connectivity index (χ4n) is 2.68. The monoisotopic (exact) mass is 224 g/mol. The molecule has 2 nitrogen and oxygen atoms in total. The van der Waals surface area contributed by atoms with Crippen molar-refractivity contribution in [2.45, 2.75) is 70.4 Å². The number of likely N-dealkylation sites (tertiary alicyclic amines) is 1. The van der Waals surface area contributed by atoms with Crippen molar-refractivity contribution in [1.82, 2.24) is 10.2 Å². The van der Waals surface area contributed by atoms with Gasteiger partial charge in [0, 0.05) is 12.1 Å². The molecule has 2 heteroatoms. The Morgan fingerprint density at radius 3 is 2.31 bits per heavy atom. The van der Waals surface area contributed by atoms with E-state index >= 15 is 0 Å². The van der Waals surface area contributed by atoms with Gasteiger partial charge < -0.3 is 10.2 Å². The van der Waals surface area contributed by atoms with Gasteiger partial charge in [-0.05, 0) is 58.7 Å². The molecule has 1 atom stereocenters. The largest absolute Gasteiger partial charge is 0.314 e. The van der Waals surface area contributed by atoms with Crippen molar-refractivity contribution in [3.8, 4) is 0 Å². The SMILES string of the molecule is CC(CCNC1CC1)N1CCCCCCC1. The topological polar surface area (TPSA) is 15.3 Å². The quantitative estimate of drug-likeness (QED) is 0.772. The molecule has 0 aromatic heterocycles. The van der Waals surface area contributed by atoms with Crippen LogP contribution < -0.4 is 5.32 Å². The molecule has 2 rings (SSSR count). The third kappa shape index (κ3) is 4.42. The molecule has 0 bridgehead atoms. The first-order valence-corrected chi connectivity index (χ1v) is 7.33. The molecule has 2 aliphatic rings. The van der Waals surface area contributed by atoms with E-state index in [-0.39, 0.29) is 0 Å². The molecule has 0 radical (unpaired) electrons. The van der Waals surface area contributed by atoms with Crippen LogP contribution in [-0.4, -0.2) is 36.6 Å². The number of hydrogen-bond acceptors (Lipinski definition) is 2. The predicted octanol–water partition coefficient (Wildman–Crippen LogP) is 2.78. The van der Waals surface area contributed by atoms with Crippen LogP contribution in [0.4, 0.5) is 0 Å². The van der Waals surface area contributed by atoms with Gasteiger partial charge in [-0.25, -0.2) is 0 Å². The summed E-state index contributed by atoms with van der Waals surface area (Å²) in [5, 5.41) is 3.63. The van der Waals surface area contributed by atoms with Gasteiger partial charge in [0.25, 0.3) is 0 Å². The highest BCUT2D eigenvalue weighted by molar-refractivity contribution is 4.81. The van der Waals surface area contributed by atoms with Gasteiger partial charge in [0.2, 0.25) is 0 Å². The minimum absolute atomic E-state index is 0.782. The first kappa shape index (κ1) is 12.4. The lowest BCUT2D eigenvalue weighted by atomic mass is 10.1. The third-order valence-corrected chi connectivity index (χ3v) is 4.09. The first-order chi connectivity index (χ1) is 7.86. The lowest BCUT2D eigenvalue weighted by Crippen LogP contribution is -2.37. The molecule has 94 valence electrons. The zero-order valence-electron chi connectivity index (χ0n) is 10.9. The Morgan fingerprint density at radius 1 is 1.06 bits per heavy atom. The fourth-order valence-corrected chi connectivity index (χ4v) is 2.68. The maximum atomic E-state index is 3.63. The summed E-state index contributed by atoms with van der Waals surface area (Å²) in [5.74, 6) is 0. The molecular weight excluding hydrogens is 196 g/mol. The Labute approximate surface area is 101 Å². The van der Waals surface area contributed by atoms with Gasteiger partial charge >= 0.3 is 0 Å². The maximum absolute atomic E-state index is 3.63. The molecule has 0 aromatic rings. The zero-order chi connectivity index (χ0) is 11.2. The Bertz CT molecular complexity index is 181. The molecule has 0 spiro atoms. The molecule has 1 saturated heterocycles. The van der Waals surface area contributed by atoms with E-state index in [1.54, 1.807) is 0 Å². The van der Waals surface area contributed by atoms with Crippen molar-refractivity contribution < 1.29 is 0 Å². The second kappa shape index (κ2) is 6.61. The molecule has 1 saturated carbocycles. The smallest absolute Gasteiger partial charge is 0.00790 e. The second-order valence-electron chi connectivity index (χ2n) is 5.67. The van der Waals surface area contributed by atoms with E-state index in [2.05, 4.69) is 17.1 Å². The van der Waals surface area contributed by atoms with Crippen molar-refractivity contribution in [2.75, 3.05) is 19.6 Å². The second-order valence-corrected chi connectivity index (χ2v) is 5.67. The highest BCUT2D eigenvalue weighted by Gasteiger charge is 2.21. The molecule has 1 aliphatic heterocycles. The summed E-state index contributed by atoms with van der Waals surface area (Å²) in [7, 11) is 0.